The number of aromatic nitrogens is 2. The molecule has 3 rings (SSSR count). The summed E-state index contributed by atoms with van der Waals surface area (Å²) in [5.41, 5.74) is 3.34. The normalized spacial score (nSPS) is 17.6. The Kier molecular flexibility index (Phi) is 3.30. The van der Waals surface area contributed by atoms with Gasteiger partial charge in [-0.25, -0.2) is 0 Å². The fourth-order valence-electron chi connectivity index (χ4n) is 2.54. The molecule has 0 radical (unpaired) electrons. The number of nitrogens with zero attached hydrogens (tertiary/aromatic N) is 1. The molecule has 3 N–H and O–H groups in total. The van der Waals surface area contributed by atoms with E-state index in [-0.39, 0.29) is 5.54 Å². The molecule has 1 aromatic carbocycles. The van der Waals surface area contributed by atoms with E-state index < -0.39 is 6.10 Å². The number of hydrogen-bond acceptors (Lipinski definition) is 3. The lowest BCUT2D eigenvalue weighted by atomic mass is 9.98. The van der Waals surface area contributed by atoms with E-state index in [0.717, 1.165) is 16.5 Å². The molecule has 0 bridgehead atoms. The molecule has 1 atom stereocenters. The van der Waals surface area contributed by atoms with Crippen molar-refractivity contribution in [1.29, 1.82) is 0 Å². The molecule has 0 spiro atoms. The van der Waals surface area contributed by atoms with E-state index >= 15 is 0 Å². The van der Waals surface area contributed by atoms with Crippen LogP contribution in [0.3, 0.4) is 0 Å². The van der Waals surface area contributed by atoms with Gasteiger partial charge in [-0.3, -0.25) is 5.10 Å². The largest absolute Gasteiger partial charge is 0.387 e. The molecule has 0 aliphatic heterocycles. The summed E-state index contributed by atoms with van der Waals surface area (Å²) in [4.78, 5) is 0. The number of benzene rings is 1. The second-order valence-corrected chi connectivity index (χ2v) is 6.86. The highest BCUT2D eigenvalue weighted by Crippen LogP contribution is 2.42. The first-order valence-corrected chi connectivity index (χ1v) is 7.34. The highest BCUT2D eigenvalue weighted by atomic mass is 16.3. The molecule has 1 saturated carbocycles. The van der Waals surface area contributed by atoms with Crippen molar-refractivity contribution in [2.45, 2.75) is 51.2 Å². The van der Waals surface area contributed by atoms with Crippen LogP contribution in [0.5, 0.6) is 0 Å². The van der Waals surface area contributed by atoms with Gasteiger partial charge in [0, 0.05) is 17.5 Å². The molecule has 0 amide bonds. The third-order valence-electron chi connectivity index (χ3n) is 3.85. The Hall–Kier alpha value is -1.39. The minimum Gasteiger partial charge on any atom is -0.387 e. The zero-order valence-electron chi connectivity index (χ0n) is 12.4. The summed E-state index contributed by atoms with van der Waals surface area (Å²) in [6, 6.07) is 4.33. The molecule has 1 fully saturated rings. The second kappa shape index (κ2) is 4.86. The van der Waals surface area contributed by atoms with Gasteiger partial charge in [0.15, 0.2) is 0 Å². The van der Waals surface area contributed by atoms with Gasteiger partial charge in [-0.1, -0.05) is 6.07 Å². The van der Waals surface area contributed by atoms with Crippen LogP contribution in [0, 0.1) is 0 Å². The molecule has 4 heteroatoms. The van der Waals surface area contributed by atoms with Crippen molar-refractivity contribution < 1.29 is 5.11 Å². The average Bonchev–Trinajstić information content (AvgIpc) is 3.12. The van der Waals surface area contributed by atoms with Crippen molar-refractivity contribution in [1.82, 2.24) is 15.5 Å². The van der Waals surface area contributed by atoms with Crippen LogP contribution in [-0.2, 0) is 0 Å². The number of H-pyrrole nitrogens is 1. The van der Waals surface area contributed by atoms with Crippen LogP contribution < -0.4 is 5.32 Å². The zero-order valence-corrected chi connectivity index (χ0v) is 12.4. The van der Waals surface area contributed by atoms with E-state index in [0.29, 0.717) is 12.5 Å². The Morgan fingerprint density at radius 2 is 2.15 bits per heavy atom. The van der Waals surface area contributed by atoms with E-state index in [1.165, 1.54) is 18.4 Å². The van der Waals surface area contributed by atoms with Crippen LogP contribution in [0.4, 0.5) is 0 Å². The number of nitrogens with one attached hydrogen (secondary N) is 2. The van der Waals surface area contributed by atoms with Crippen LogP contribution in [0.1, 0.15) is 56.8 Å². The smallest absolute Gasteiger partial charge is 0.0921 e. The lowest BCUT2D eigenvalue weighted by Gasteiger charge is -2.23. The summed E-state index contributed by atoms with van der Waals surface area (Å²) in [6.45, 7) is 6.87. The van der Waals surface area contributed by atoms with E-state index in [1.807, 2.05) is 6.20 Å². The fraction of sp³-hybridized carbons (Fsp3) is 0.562. The highest BCUT2D eigenvalue weighted by Gasteiger charge is 2.26. The van der Waals surface area contributed by atoms with Crippen molar-refractivity contribution in [3.8, 4) is 0 Å². The average molecular weight is 273 g/mol. The Labute approximate surface area is 119 Å². The lowest BCUT2D eigenvalue weighted by molar-refractivity contribution is 0.164. The summed E-state index contributed by atoms with van der Waals surface area (Å²) < 4.78 is 0. The predicted octanol–water partition coefficient (Wildman–Crippen LogP) is 2.86. The number of rotatable bonds is 4. The molecule has 1 aliphatic carbocycles. The lowest BCUT2D eigenvalue weighted by Crippen LogP contribution is -2.38. The van der Waals surface area contributed by atoms with Gasteiger partial charge in [0.1, 0.15) is 0 Å². The Bertz CT molecular complexity index is 608. The standard InChI is InChI=1S/C16H23N3O/c1-16(2,3)17-9-15(20)12-6-11(10-4-5-10)7-14-13(12)8-18-19-14/h6-8,10,15,17,20H,4-5,9H2,1-3H3,(H,18,19)/t15-/m0/s1. The van der Waals surface area contributed by atoms with Crippen LogP contribution in [0.2, 0.25) is 0 Å². The third kappa shape index (κ3) is 2.86. The minimum atomic E-state index is -0.506. The van der Waals surface area contributed by atoms with Gasteiger partial charge in [0.05, 0.1) is 17.8 Å². The Morgan fingerprint density at radius 3 is 2.80 bits per heavy atom. The van der Waals surface area contributed by atoms with Gasteiger partial charge >= 0.3 is 0 Å². The van der Waals surface area contributed by atoms with Crippen LogP contribution in [-0.4, -0.2) is 27.4 Å². The maximum atomic E-state index is 10.5. The Balaban J connectivity index is 1.90. The summed E-state index contributed by atoms with van der Waals surface area (Å²) in [5, 5.41) is 22.1. The number of β-amino-alcohol motifs (C(OH)–C–C–N with tert-alkyl or cyclic N) is 1. The molecule has 0 saturated heterocycles. The van der Waals surface area contributed by atoms with Gasteiger partial charge in [0.2, 0.25) is 0 Å². The van der Waals surface area contributed by atoms with Gasteiger partial charge in [0.25, 0.3) is 0 Å². The second-order valence-electron chi connectivity index (χ2n) is 6.86. The predicted molar refractivity (Wildman–Crippen MR) is 80.8 cm³/mol. The van der Waals surface area contributed by atoms with E-state index in [4.69, 9.17) is 0 Å². The molecule has 1 heterocycles. The maximum Gasteiger partial charge on any atom is 0.0921 e. The van der Waals surface area contributed by atoms with Crippen LogP contribution in [0.15, 0.2) is 18.3 Å². The quantitative estimate of drug-likeness (QED) is 0.802. The molecular weight excluding hydrogens is 250 g/mol. The van der Waals surface area contributed by atoms with Crippen molar-refractivity contribution >= 4 is 10.9 Å². The maximum absolute atomic E-state index is 10.5. The highest BCUT2D eigenvalue weighted by molar-refractivity contribution is 5.83. The van der Waals surface area contributed by atoms with E-state index in [1.54, 1.807) is 0 Å². The number of aliphatic hydroxyl groups is 1. The molecule has 4 nitrogen and oxygen atoms in total. The van der Waals surface area contributed by atoms with Gasteiger partial charge in [-0.15, -0.1) is 0 Å². The molecule has 2 aromatic rings. The summed E-state index contributed by atoms with van der Waals surface area (Å²) in [5.74, 6) is 0.671. The molecular formula is C16H23N3O. The summed E-state index contributed by atoms with van der Waals surface area (Å²) in [7, 11) is 0. The van der Waals surface area contributed by atoms with Crippen molar-refractivity contribution in [3.63, 3.8) is 0 Å². The van der Waals surface area contributed by atoms with E-state index in [9.17, 15) is 5.11 Å². The number of aliphatic hydroxyl groups excluding tert-OH is 1. The fourth-order valence-corrected chi connectivity index (χ4v) is 2.54. The number of hydrogen-bond donors (Lipinski definition) is 3. The third-order valence-corrected chi connectivity index (χ3v) is 3.85. The van der Waals surface area contributed by atoms with Gasteiger partial charge in [-0.2, -0.15) is 5.10 Å². The van der Waals surface area contributed by atoms with Gasteiger partial charge < -0.3 is 10.4 Å². The minimum absolute atomic E-state index is 0.00456. The molecule has 1 aromatic heterocycles. The molecule has 20 heavy (non-hydrogen) atoms. The monoisotopic (exact) mass is 273 g/mol. The van der Waals surface area contributed by atoms with Gasteiger partial charge in [-0.05, 0) is 56.7 Å². The number of aromatic amines is 1. The van der Waals surface area contributed by atoms with Crippen molar-refractivity contribution in [3.05, 3.63) is 29.5 Å². The first kappa shape index (κ1) is 13.6. The summed E-state index contributed by atoms with van der Waals surface area (Å²) in [6.07, 6.45) is 3.82. The molecule has 0 unspecified atom stereocenters. The summed E-state index contributed by atoms with van der Waals surface area (Å²) >= 11 is 0. The van der Waals surface area contributed by atoms with Crippen molar-refractivity contribution in [2.75, 3.05) is 6.54 Å². The van der Waals surface area contributed by atoms with E-state index in [2.05, 4.69) is 48.4 Å². The molecule has 1 aliphatic rings. The SMILES string of the molecule is CC(C)(C)NC[C@H](O)c1cc(C2CC2)cc2[nH]ncc12. The number of fused-ring (bicyclic) bond motifs is 1. The first-order valence-electron chi connectivity index (χ1n) is 7.34. The van der Waals surface area contributed by atoms with Crippen molar-refractivity contribution in [2.24, 2.45) is 0 Å². The zero-order chi connectivity index (χ0) is 14.3. The van der Waals surface area contributed by atoms with Crippen LogP contribution >= 0.6 is 0 Å². The Morgan fingerprint density at radius 1 is 1.40 bits per heavy atom. The van der Waals surface area contributed by atoms with Crippen LogP contribution in [0.25, 0.3) is 10.9 Å². The topological polar surface area (TPSA) is 60.9 Å². The first-order chi connectivity index (χ1) is 9.44. The molecule has 108 valence electrons.